The van der Waals surface area contributed by atoms with Crippen molar-refractivity contribution in [2.24, 2.45) is 0 Å². The van der Waals surface area contributed by atoms with Crippen LogP contribution in [0.1, 0.15) is 30.5 Å². The maximum absolute atomic E-state index is 13.3. The topological polar surface area (TPSA) is 99.4 Å². The second kappa shape index (κ2) is 5.37. The Balaban J connectivity index is 2.01. The first-order valence-corrected chi connectivity index (χ1v) is 8.71. The van der Waals surface area contributed by atoms with Crippen molar-refractivity contribution in [1.29, 1.82) is 0 Å². The lowest BCUT2D eigenvalue weighted by Gasteiger charge is -2.36. The van der Waals surface area contributed by atoms with Gasteiger partial charge in [0.1, 0.15) is 11.0 Å². The lowest BCUT2D eigenvalue weighted by atomic mass is 9.75. The predicted octanol–water partition coefficient (Wildman–Crippen LogP) is 3.22. The third-order valence-electron chi connectivity index (χ3n) is 5.71. The zero-order valence-electron chi connectivity index (χ0n) is 14.9. The van der Waals surface area contributed by atoms with E-state index in [1.54, 1.807) is 0 Å². The minimum absolute atomic E-state index is 0.0564. The predicted molar refractivity (Wildman–Crippen MR) is 93.0 cm³/mol. The minimum Gasteiger partial charge on any atom is -0.494 e. The summed E-state index contributed by atoms with van der Waals surface area (Å²) in [4.78, 5) is 2.84. The number of nitrogens with zero attached hydrogens (tertiary/aromatic N) is 2. The molecule has 1 aromatic carbocycles. The van der Waals surface area contributed by atoms with E-state index in [1.165, 1.54) is 13.8 Å². The molecule has 154 valence electrons. The Morgan fingerprint density at radius 2 is 1.76 bits per heavy atom. The molecule has 0 spiro atoms. The molecular weight excluding hydrogens is 417 g/mol. The van der Waals surface area contributed by atoms with Gasteiger partial charge in [-0.3, -0.25) is 4.57 Å². The van der Waals surface area contributed by atoms with Crippen molar-refractivity contribution in [3.05, 3.63) is 46.3 Å². The van der Waals surface area contributed by atoms with Crippen molar-refractivity contribution in [2.75, 3.05) is 0 Å². The molecule has 1 fully saturated rings. The lowest BCUT2D eigenvalue weighted by Crippen LogP contribution is -2.54. The normalized spacial score (nSPS) is 29.7. The smallest absolute Gasteiger partial charge is 0.407 e. The maximum Gasteiger partial charge on any atom is 0.407 e. The SMILES string of the molecule is [C-]#[N+]c1ccc(-n2c(O)c3c(c2O)C2(C)OC3(C)[C@@H](Cl)C2(O)O)cc1C(F)(F)F. The lowest BCUT2D eigenvalue weighted by molar-refractivity contribution is -0.241. The Hall–Kier alpha value is -2.45. The van der Waals surface area contributed by atoms with Crippen molar-refractivity contribution in [3.8, 4) is 17.4 Å². The van der Waals surface area contributed by atoms with Crippen molar-refractivity contribution < 1.29 is 38.3 Å². The van der Waals surface area contributed by atoms with Crippen molar-refractivity contribution in [3.63, 3.8) is 0 Å². The van der Waals surface area contributed by atoms with Gasteiger partial charge in [-0.2, -0.15) is 13.2 Å². The van der Waals surface area contributed by atoms with Crippen LogP contribution in [0.2, 0.25) is 0 Å². The molecule has 7 nitrogen and oxygen atoms in total. The highest BCUT2D eigenvalue weighted by atomic mass is 35.5. The number of benzene rings is 1. The van der Waals surface area contributed by atoms with Gasteiger partial charge in [-0.25, -0.2) is 4.85 Å². The van der Waals surface area contributed by atoms with E-state index in [0.717, 1.165) is 16.7 Å². The van der Waals surface area contributed by atoms with Crippen LogP contribution in [0.15, 0.2) is 18.2 Å². The second-order valence-corrected chi connectivity index (χ2v) is 7.81. The number of hydrogen-bond donors (Lipinski definition) is 4. The van der Waals surface area contributed by atoms with E-state index >= 15 is 0 Å². The molecule has 4 rings (SSSR count). The molecule has 1 saturated heterocycles. The monoisotopic (exact) mass is 430 g/mol. The fraction of sp³-hybridized carbons (Fsp3) is 0.389. The summed E-state index contributed by atoms with van der Waals surface area (Å²) < 4.78 is 46.4. The third kappa shape index (κ3) is 2.13. The van der Waals surface area contributed by atoms with E-state index in [4.69, 9.17) is 22.9 Å². The number of halogens is 4. The van der Waals surface area contributed by atoms with E-state index in [1.807, 2.05) is 0 Å². The zero-order valence-corrected chi connectivity index (χ0v) is 15.7. The average molecular weight is 431 g/mol. The molecule has 2 unspecified atom stereocenters. The Kier molecular flexibility index (Phi) is 3.68. The molecule has 11 heteroatoms. The van der Waals surface area contributed by atoms with Crippen LogP contribution in [0.25, 0.3) is 10.5 Å². The summed E-state index contributed by atoms with van der Waals surface area (Å²) in [5, 5.41) is 41.0. The molecule has 3 atom stereocenters. The molecule has 2 aliphatic rings. The van der Waals surface area contributed by atoms with Gasteiger partial charge in [0.2, 0.25) is 17.5 Å². The van der Waals surface area contributed by atoms with E-state index in [0.29, 0.717) is 6.07 Å². The highest BCUT2D eigenvalue weighted by molar-refractivity contribution is 6.22. The largest absolute Gasteiger partial charge is 0.494 e. The number of rotatable bonds is 1. The molecule has 3 heterocycles. The molecule has 2 aromatic rings. The molecule has 2 aliphatic heterocycles. The van der Waals surface area contributed by atoms with Crippen LogP contribution in [0.5, 0.6) is 11.8 Å². The molecule has 4 N–H and O–H groups in total. The summed E-state index contributed by atoms with van der Waals surface area (Å²) in [6, 6.07) is 2.64. The fourth-order valence-electron chi connectivity index (χ4n) is 4.29. The number of aromatic hydroxyl groups is 2. The minimum atomic E-state index is -4.84. The van der Waals surface area contributed by atoms with Crippen molar-refractivity contribution in [1.82, 2.24) is 4.57 Å². The number of aromatic nitrogens is 1. The summed E-state index contributed by atoms with van der Waals surface area (Å²) in [6.07, 6.45) is -4.84. The number of alkyl halides is 4. The molecule has 2 bridgehead atoms. The first-order chi connectivity index (χ1) is 13.2. The highest BCUT2D eigenvalue weighted by Crippen LogP contribution is 2.68. The molecule has 29 heavy (non-hydrogen) atoms. The van der Waals surface area contributed by atoms with Crippen LogP contribution in [0, 0.1) is 6.57 Å². The standard InChI is InChI=1S/C18H14ClF3N2O5/c1-15-10-11(16(2,29-15)17(27,28)14(15)19)13(26)24(12(10)25)7-4-5-9(23-3)8(6-7)18(20,21)22/h4-6,14,25-28H,1-2H3/t14-,15?,16?/m1/s1. The van der Waals surface area contributed by atoms with Gasteiger partial charge < -0.3 is 25.2 Å². The van der Waals surface area contributed by atoms with Gasteiger partial charge in [-0.05, 0) is 26.0 Å². The van der Waals surface area contributed by atoms with Crippen LogP contribution in [-0.4, -0.2) is 36.2 Å². The van der Waals surface area contributed by atoms with E-state index in [-0.39, 0.29) is 16.8 Å². The van der Waals surface area contributed by atoms with Gasteiger partial charge in [0.15, 0.2) is 11.3 Å². The van der Waals surface area contributed by atoms with Crippen LogP contribution in [-0.2, 0) is 22.1 Å². The first-order valence-electron chi connectivity index (χ1n) is 8.27. The Labute approximate surface area is 167 Å². The summed E-state index contributed by atoms with van der Waals surface area (Å²) in [5.41, 5.74) is -6.00. The van der Waals surface area contributed by atoms with Crippen molar-refractivity contribution in [2.45, 2.75) is 42.4 Å². The molecular formula is C18H14ClF3N2O5. The Morgan fingerprint density at radius 3 is 2.31 bits per heavy atom. The summed E-state index contributed by atoms with van der Waals surface area (Å²) >= 11 is 6.15. The number of hydrogen-bond acceptors (Lipinski definition) is 5. The van der Waals surface area contributed by atoms with Crippen LogP contribution in [0.4, 0.5) is 18.9 Å². The third-order valence-corrected chi connectivity index (χ3v) is 6.43. The van der Waals surface area contributed by atoms with E-state index in [2.05, 4.69) is 4.85 Å². The van der Waals surface area contributed by atoms with Gasteiger partial charge in [-0.15, -0.1) is 11.6 Å². The van der Waals surface area contributed by atoms with E-state index in [9.17, 15) is 33.6 Å². The zero-order chi connectivity index (χ0) is 21.7. The van der Waals surface area contributed by atoms with Gasteiger partial charge in [0.05, 0.1) is 28.9 Å². The number of aliphatic hydroxyl groups is 2. The molecule has 0 amide bonds. The molecule has 1 aromatic heterocycles. The van der Waals surface area contributed by atoms with Gasteiger partial charge in [0.25, 0.3) is 0 Å². The van der Waals surface area contributed by atoms with E-state index < -0.39 is 51.6 Å². The van der Waals surface area contributed by atoms with Crippen LogP contribution >= 0.6 is 11.6 Å². The molecule has 0 radical (unpaired) electrons. The van der Waals surface area contributed by atoms with Crippen LogP contribution in [0.3, 0.4) is 0 Å². The average Bonchev–Trinajstić information content (AvgIpc) is 3.09. The van der Waals surface area contributed by atoms with Gasteiger partial charge in [0, 0.05) is 0 Å². The van der Waals surface area contributed by atoms with Gasteiger partial charge >= 0.3 is 6.18 Å². The van der Waals surface area contributed by atoms with Crippen LogP contribution < -0.4 is 0 Å². The Bertz CT molecular complexity index is 1110. The summed E-state index contributed by atoms with van der Waals surface area (Å²) in [6.45, 7) is 9.53. The summed E-state index contributed by atoms with van der Waals surface area (Å²) in [7, 11) is 0. The highest BCUT2D eigenvalue weighted by Gasteiger charge is 2.76. The fourth-order valence-corrected chi connectivity index (χ4v) is 4.65. The molecule has 0 saturated carbocycles. The van der Waals surface area contributed by atoms with Crippen molar-refractivity contribution >= 4 is 17.3 Å². The Morgan fingerprint density at radius 1 is 1.17 bits per heavy atom. The second-order valence-electron chi connectivity index (χ2n) is 7.37. The number of ether oxygens (including phenoxy) is 1. The van der Waals surface area contributed by atoms with Gasteiger partial charge in [-0.1, -0.05) is 6.07 Å². The number of fused-ring (bicyclic) bond motifs is 5. The summed E-state index contributed by atoms with van der Waals surface area (Å²) in [5.74, 6) is -4.02. The first kappa shape index (κ1) is 19.8. The maximum atomic E-state index is 13.3. The molecule has 0 aliphatic carbocycles. The quantitative estimate of drug-likeness (QED) is 0.316.